The number of aryl methyl sites for hydroxylation is 1. The normalized spacial score (nSPS) is 12.0. The van der Waals surface area contributed by atoms with Crippen molar-refractivity contribution in [2.45, 2.75) is 20.0 Å². The van der Waals surface area contributed by atoms with Gasteiger partial charge in [0.15, 0.2) is 18.1 Å². The van der Waals surface area contributed by atoms with Crippen molar-refractivity contribution in [3.05, 3.63) is 58.9 Å². The Morgan fingerprint density at radius 2 is 2.04 bits per heavy atom. The number of oxazole rings is 1. The van der Waals surface area contributed by atoms with Gasteiger partial charge in [0.2, 0.25) is 0 Å². The molecule has 2 aromatic carbocycles. The Hall–Kier alpha value is -2.86. The number of halogens is 1. The summed E-state index contributed by atoms with van der Waals surface area (Å²) in [4.78, 5) is 28.4. The summed E-state index contributed by atoms with van der Waals surface area (Å²) < 4.78 is 10.4. The highest BCUT2D eigenvalue weighted by Crippen LogP contribution is 2.20. The second-order valence-corrected chi connectivity index (χ2v) is 5.94. The van der Waals surface area contributed by atoms with Crippen molar-refractivity contribution in [1.82, 2.24) is 4.98 Å². The van der Waals surface area contributed by atoms with Crippen molar-refractivity contribution in [1.29, 1.82) is 0 Å². The van der Waals surface area contributed by atoms with Gasteiger partial charge in [-0.1, -0.05) is 17.7 Å². The molecular formula is C18H15ClN2O4. The number of esters is 1. The van der Waals surface area contributed by atoms with Gasteiger partial charge >= 0.3 is 5.97 Å². The van der Waals surface area contributed by atoms with E-state index >= 15 is 0 Å². The number of hydrogen-bond acceptors (Lipinski definition) is 5. The Kier molecular flexibility index (Phi) is 4.72. The molecule has 7 heteroatoms. The molecule has 0 aliphatic carbocycles. The number of hydrogen-bond donors (Lipinski definition) is 1. The van der Waals surface area contributed by atoms with Gasteiger partial charge in [0, 0.05) is 10.7 Å². The maximum atomic E-state index is 12.2. The molecule has 128 valence electrons. The Morgan fingerprint density at radius 3 is 2.80 bits per heavy atom. The van der Waals surface area contributed by atoms with Crippen LogP contribution in [0.15, 0.2) is 47.2 Å². The highest BCUT2D eigenvalue weighted by molar-refractivity contribution is 6.31. The van der Waals surface area contributed by atoms with Crippen LogP contribution in [0.3, 0.4) is 0 Å². The van der Waals surface area contributed by atoms with Crippen LogP contribution in [-0.4, -0.2) is 23.0 Å². The number of amides is 1. The first-order valence-electron chi connectivity index (χ1n) is 7.55. The van der Waals surface area contributed by atoms with E-state index in [9.17, 15) is 9.59 Å². The molecule has 3 rings (SSSR count). The quantitative estimate of drug-likeness (QED) is 0.713. The first-order valence-corrected chi connectivity index (χ1v) is 7.93. The molecule has 0 fully saturated rings. The zero-order valence-electron chi connectivity index (χ0n) is 13.6. The molecule has 1 atom stereocenters. The van der Waals surface area contributed by atoms with Crippen LogP contribution in [0.2, 0.25) is 5.02 Å². The lowest BCUT2D eigenvalue weighted by atomic mass is 10.2. The smallest absolute Gasteiger partial charge is 0.339 e. The van der Waals surface area contributed by atoms with Crippen LogP contribution in [-0.2, 0) is 9.53 Å². The second-order valence-electron chi connectivity index (χ2n) is 5.54. The molecule has 0 radical (unpaired) electrons. The van der Waals surface area contributed by atoms with Crippen LogP contribution >= 0.6 is 11.6 Å². The number of carbonyl (C=O) groups excluding carboxylic acids is 2. The standard InChI is InChI=1S/C18H15ClN2O4/c1-10-3-5-13(8-14(10)19)21-17(22)11(2)25-18(23)12-4-6-15-16(7-12)24-9-20-15/h3-9,11H,1-2H3,(H,21,22). The van der Waals surface area contributed by atoms with Gasteiger partial charge in [0.05, 0.1) is 5.56 Å². The summed E-state index contributed by atoms with van der Waals surface area (Å²) in [5.74, 6) is -1.07. The van der Waals surface area contributed by atoms with Gasteiger partial charge in [-0.15, -0.1) is 0 Å². The van der Waals surface area contributed by atoms with E-state index in [0.717, 1.165) is 5.56 Å². The van der Waals surface area contributed by atoms with Gasteiger partial charge in [-0.25, -0.2) is 9.78 Å². The number of rotatable bonds is 4. The molecule has 25 heavy (non-hydrogen) atoms. The lowest BCUT2D eigenvalue weighted by Gasteiger charge is -2.14. The summed E-state index contributed by atoms with van der Waals surface area (Å²) in [6.45, 7) is 3.36. The van der Waals surface area contributed by atoms with Gasteiger partial charge < -0.3 is 14.5 Å². The number of fused-ring (bicyclic) bond motifs is 1. The van der Waals surface area contributed by atoms with Crippen LogP contribution in [0.5, 0.6) is 0 Å². The zero-order valence-corrected chi connectivity index (χ0v) is 14.3. The highest BCUT2D eigenvalue weighted by atomic mass is 35.5. The average molecular weight is 359 g/mol. The minimum atomic E-state index is -0.974. The summed E-state index contributed by atoms with van der Waals surface area (Å²) in [7, 11) is 0. The average Bonchev–Trinajstić information content (AvgIpc) is 3.05. The van der Waals surface area contributed by atoms with E-state index in [1.807, 2.05) is 6.92 Å². The van der Waals surface area contributed by atoms with E-state index in [1.165, 1.54) is 19.4 Å². The van der Waals surface area contributed by atoms with E-state index in [-0.39, 0.29) is 5.56 Å². The van der Waals surface area contributed by atoms with E-state index in [1.54, 1.807) is 30.3 Å². The largest absolute Gasteiger partial charge is 0.449 e. The zero-order chi connectivity index (χ0) is 18.0. The topological polar surface area (TPSA) is 81.4 Å². The van der Waals surface area contributed by atoms with Gasteiger partial charge in [-0.05, 0) is 49.7 Å². The molecule has 0 saturated heterocycles. The lowest BCUT2D eigenvalue weighted by Crippen LogP contribution is -2.30. The van der Waals surface area contributed by atoms with E-state index < -0.39 is 18.0 Å². The number of nitrogens with zero attached hydrogens (tertiary/aromatic N) is 1. The molecule has 0 saturated carbocycles. The molecule has 0 spiro atoms. The molecule has 1 aromatic heterocycles. The summed E-state index contributed by atoms with van der Waals surface area (Å²) in [5.41, 5.74) is 2.83. The second kappa shape index (κ2) is 6.94. The number of benzene rings is 2. The molecule has 1 heterocycles. The van der Waals surface area contributed by atoms with Crippen molar-refractivity contribution < 1.29 is 18.7 Å². The molecule has 0 bridgehead atoms. The molecule has 1 unspecified atom stereocenters. The third-order valence-corrected chi connectivity index (χ3v) is 4.07. The minimum absolute atomic E-state index is 0.280. The van der Waals surface area contributed by atoms with Crippen LogP contribution in [0.25, 0.3) is 11.1 Å². The van der Waals surface area contributed by atoms with Crippen molar-refractivity contribution >= 4 is 40.3 Å². The SMILES string of the molecule is Cc1ccc(NC(=O)C(C)OC(=O)c2ccc3ncoc3c2)cc1Cl. The maximum Gasteiger partial charge on any atom is 0.339 e. The van der Waals surface area contributed by atoms with Crippen molar-refractivity contribution in [3.8, 4) is 0 Å². The summed E-state index contributed by atoms with van der Waals surface area (Å²) in [5, 5.41) is 3.21. The minimum Gasteiger partial charge on any atom is -0.449 e. The number of carbonyl (C=O) groups is 2. The van der Waals surface area contributed by atoms with Gasteiger partial charge in [-0.3, -0.25) is 4.79 Å². The summed E-state index contributed by atoms with van der Waals surface area (Å²) >= 11 is 6.03. The Balaban J connectivity index is 1.65. The predicted octanol–water partition coefficient (Wildman–Crippen LogP) is 3.97. The molecule has 0 aliphatic rings. The Morgan fingerprint density at radius 1 is 1.24 bits per heavy atom. The van der Waals surface area contributed by atoms with E-state index in [2.05, 4.69) is 10.3 Å². The van der Waals surface area contributed by atoms with Crippen LogP contribution in [0.4, 0.5) is 5.69 Å². The van der Waals surface area contributed by atoms with Crippen molar-refractivity contribution in [2.75, 3.05) is 5.32 Å². The van der Waals surface area contributed by atoms with Gasteiger partial charge in [0.1, 0.15) is 5.52 Å². The maximum absolute atomic E-state index is 12.2. The Bertz CT molecular complexity index is 951. The first-order chi connectivity index (χ1) is 11.9. The molecule has 1 N–H and O–H groups in total. The third kappa shape index (κ3) is 3.80. The fourth-order valence-electron chi connectivity index (χ4n) is 2.18. The fraction of sp³-hybridized carbons (Fsp3) is 0.167. The number of nitrogens with one attached hydrogen (secondary N) is 1. The number of anilines is 1. The number of aromatic nitrogens is 1. The third-order valence-electron chi connectivity index (χ3n) is 3.66. The first kappa shape index (κ1) is 17.0. The molecule has 6 nitrogen and oxygen atoms in total. The predicted molar refractivity (Wildman–Crippen MR) is 93.7 cm³/mol. The van der Waals surface area contributed by atoms with E-state index in [4.69, 9.17) is 20.8 Å². The van der Waals surface area contributed by atoms with Crippen LogP contribution in [0.1, 0.15) is 22.8 Å². The number of ether oxygens (including phenoxy) is 1. The molecular weight excluding hydrogens is 344 g/mol. The molecule has 1 amide bonds. The molecule has 0 aliphatic heterocycles. The fourth-order valence-corrected chi connectivity index (χ4v) is 2.36. The Labute approximate surface area is 148 Å². The van der Waals surface area contributed by atoms with Gasteiger partial charge in [-0.2, -0.15) is 0 Å². The monoisotopic (exact) mass is 358 g/mol. The van der Waals surface area contributed by atoms with Gasteiger partial charge in [0.25, 0.3) is 5.91 Å². The summed E-state index contributed by atoms with van der Waals surface area (Å²) in [6, 6.07) is 9.90. The lowest BCUT2D eigenvalue weighted by molar-refractivity contribution is -0.123. The van der Waals surface area contributed by atoms with Crippen LogP contribution in [0, 0.1) is 6.92 Å². The highest BCUT2D eigenvalue weighted by Gasteiger charge is 2.20. The van der Waals surface area contributed by atoms with Crippen LogP contribution < -0.4 is 5.32 Å². The summed E-state index contributed by atoms with van der Waals surface area (Å²) in [6.07, 6.45) is 0.320. The van der Waals surface area contributed by atoms with E-state index in [0.29, 0.717) is 21.8 Å². The van der Waals surface area contributed by atoms with Crippen molar-refractivity contribution in [2.24, 2.45) is 0 Å². The van der Waals surface area contributed by atoms with Crippen molar-refractivity contribution in [3.63, 3.8) is 0 Å². The molecule has 3 aromatic rings.